The fourth-order valence-electron chi connectivity index (χ4n) is 4.32. The van der Waals surface area contributed by atoms with E-state index >= 15 is 0 Å². The number of anilines is 1. The molecule has 156 valence electrons. The number of amides is 1. The first kappa shape index (κ1) is 21.8. The Kier molecular flexibility index (Phi) is 7.62. The van der Waals surface area contributed by atoms with Crippen molar-refractivity contribution in [2.75, 3.05) is 38.0 Å². The summed E-state index contributed by atoms with van der Waals surface area (Å²) in [6.45, 7) is 11.3. The summed E-state index contributed by atoms with van der Waals surface area (Å²) in [5, 5.41) is 3.94. The second-order valence-electron chi connectivity index (χ2n) is 8.24. The van der Waals surface area contributed by atoms with Gasteiger partial charge in [-0.2, -0.15) is 0 Å². The molecule has 28 heavy (non-hydrogen) atoms. The number of nitrogens with zero attached hydrogens (tertiary/aromatic N) is 2. The number of nitrogens with one attached hydrogen (secondary N) is 1. The molecule has 3 atom stereocenters. The van der Waals surface area contributed by atoms with Gasteiger partial charge in [0.15, 0.2) is 0 Å². The van der Waals surface area contributed by atoms with E-state index in [1.165, 1.54) is 0 Å². The number of piperidine rings is 1. The molecule has 1 aromatic rings. The van der Waals surface area contributed by atoms with Gasteiger partial charge < -0.3 is 10.1 Å². The van der Waals surface area contributed by atoms with E-state index in [0.29, 0.717) is 33.9 Å². The SMILES string of the molecule is CC1CN(CC2CCN(C(C)C(=O)Nc3ccc(Cl)cc3Cl)CC2)CC(C)O1. The summed E-state index contributed by atoms with van der Waals surface area (Å²) in [6.07, 6.45) is 2.87. The molecular formula is C21H31Cl2N3O2. The molecule has 3 unspecified atom stereocenters. The highest BCUT2D eigenvalue weighted by Crippen LogP contribution is 2.26. The number of hydrogen-bond acceptors (Lipinski definition) is 4. The minimum absolute atomic E-state index is 0.0292. The van der Waals surface area contributed by atoms with Gasteiger partial charge in [0.2, 0.25) is 5.91 Å². The van der Waals surface area contributed by atoms with Gasteiger partial charge in [-0.05, 0) is 70.8 Å². The van der Waals surface area contributed by atoms with E-state index < -0.39 is 0 Å². The highest BCUT2D eigenvalue weighted by atomic mass is 35.5. The number of rotatable bonds is 5. The maximum absolute atomic E-state index is 12.7. The van der Waals surface area contributed by atoms with E-state index in [4.69, 9.17) is 27.9 Å². The summed E-state index contributed by atoms with van der Waals surface area (Å²) in [5.41, 5.74) is 0.605. The standard InChI is InChI=1S/C21H31Cl2N3O2/c1-14-11-25(12-15(2)28-14)13-17-6-8-26(9-7-17)16(3)21(27)24-20-5-4-18(22)10-19(20)23/h4-5,10,14-17H,6-9,11-13H2,1-3H3,(H,24,27). The third-order valence-corrected chi connectivity index (χ3v) is 6.32. The van der Waals surface area contributed by atoms with E-state index in [2.05, 4.69) is 29.0 Å². The Morgan fingerprint density at radius 2 is 1.86 bits per heavy atom. The number of likely N-dealkylation sites (tertiary alicyclic amines) is 1. The maximum atomic E-state index is 12.7. The molecule has 5 nitrogen and oxygen atoms in total. The number of hydrogen-bond donors (Lipinski definition) is 1. The van der Waals surface area contributed by atoms with Crippen LogP contribution in [0.3, 0.4) is 0 Å². The molecule has 1 N–H and O–H groups in total. The second-order valence-corrected chi connectivity index (χ2v) is 9.09. The molecule has 2 aliphatic rings. The van der Waals surface area contributed by atoms with Gasteiger partial charge in [0.25, 0.3) is 0 Å². The van der Waals surface area contributed by atoms with E-state index in [1.54, 1.807) is 18.2 Å². The largest absolute Gasteiger partial charge is 0.373 e. The summed E-state index contributed by atoms with van der Waals surface area (Å²) >= 11 is 12.1. The van der Waals surface area contributed by atoms with Crippen LogP contribution in [0.5, 0.6) is 0 Å². The predicted octanol–water partition coefficient (Wildman–Crippen LogP) is 4.14. The molecule has 2 fully saturated rings. The number of halogens is 2. The number of morpholine rings is 1. The smallest absolute Gasteiger partial charge is 0.241 e. The summed E-state index contributed by atoms with van der Waals surface area (Å²) < 4.78 is 5.83. The maximum Gasteiger partial charge on any atom is 0.241 e. The van der Waals surface area contributed by atoms with Crippen molar-refractivity contribution in [2.45, 2.75) is 51.9 Å². The molecule has 0 radical (unpaired) electrons. The van der Waals surface area contributed by atoms with E-state index in [-0.39, 0.29) is 11.9 Å². The number of benzene rings is 1. The van der Waals surface area contributed by atoms with E-state index in [9.17, 15) is 4.79 Å². The van der Waals surface area contributed by atoms with Gasteiger partial charge in [0.1, 0.15) is 0 Å². The predicted molar refractivity (Wildman–Crippen MR) is 115 cm³/mol. The average molecular weight is 428 g/mol. The van der Waals surface area contributed by atoms with Crippen molar-refractivity contribution in [3.05, 3.63) is 28.2 Å². The van der Waals surface area contributed by atoms with Gasteiger partial charge in [-0.1, -0.05) is 23.2 Å². The van der Waals surface area contributed by atoms with Gasteiger partial charge in [0.05, 0.1) is 29.0 Å². The topological polar surface area (TPSA) is 44.8 Å². The molecule has 2 heterocycles. The van der Waals surface area contributed by atoms with Crippen molar-refractivity contribution in [1.82, 2.24) is 9.80 Å². The molecule has 2 saturated heterocycles. The van der Waals surface area contributed by atoms with Gasteiger partial charge in [-0.15, -0.1) is 0 Å². The van der Waals surface area contributed by atoms with E-state index in [1.807, 2.05) is 6.92 Å². The van der Waals surface area contributed by atoms with Crippen molar-refractivity contribution in [1.29, 1.82) is 0 Å². The molecule has 3 rings (SSSR count). The van der Waals surface area contributed by atoms with Crippen molar-refractivity contribution >= 4 is 34.8 Å². The summed E-state index contributed by atoms with van der Waals surface area (Å²) in [5.74, 6) is 0.660. The summed E-state index contributed by atoms with van der Waals surface area (Å²) in [6, 6.07) is 4.93. The Bertz CT molecular complexity index is 670. The van der Waals surface area contributed by atoms with Crippen LogP contribution in [-0.2, 0) is 9.53 Å². The lowest BCUT2D eigenvalue weighted by atomic mass is 9.94. The molecule has 7 heteroatoms. The van der Waals surface area contributed by atoms with Crippen molar-refractivity contribution < 1.29 is 9.53 Å². The lowest BCUT2D eigenvalue weighted by Crippen LogP contribution is -2.50. The zero-order chi connectivity index (χ0) is 20.3. The number of ether oxygens (including phenoxy) is 1. The first-order chi connectivity index (χ1) is 13.3. The molecule has 0 aromatic heterocycles. The lowest BCUT2D eigenvalue weighted by molar-refractivity contribution is -0.121. The highest BCUT2D eigenvalue weighted by molar-refractivity contribution is 6.36. The van der Waals surface area contributed by atoms with Crippen LogP contribution < -0.4 is 5.32 Å². The molecule has 0 aliphatic carbocycles. The average Bonchev–Trinajstić information content (AvgIpc) is 2.63. The minimum atomic E-state index is -0.184. The minimum Gasteiger partial charge on any atom is -0.373 e. The fraction of sp³-hybridized carbons (Fsp3) is 0.667. The third-order valence-electron chi connectivity index (χ3n) is 5.78. The summed E-state index contributed by atoms with van der Waals surface area (Å²) in [7, 11) is 0. The molecule has 1 aromatic carbocycles. The second kappa shape index (κ2) is 9.77. The van der Waals surface area contributed by atoms with Crippen molar-refractivity contribution in [3.63, 3.8) is 0 Å². The van der Waals surface area contributed by atoms with Crippen LogP contribution in [0.25, 0.3) is 0 Å². The normalized spacial score (nSPS) is 26.2. The zero-order valence-corrected chi connectivity index (χ0v) is 18.5. The van der Waals surface area contributed by atoms with Crippen LogP contribution >= 0.6 is 23.2 Å². The number of carbonyl (C=O) groups excluding carboxylic acids is 1. The van der Waals surface area contributed by atoms with Gasteiger partial charge in [-0.3, -0.25) is 14.6 Å². The first-order valence-electron chi connectivity index (χ1n) is 10.2. The molecule has 0 saturated carbocycles. The Morgan fingerprint density at radius 1 is 1.21 bits per heavy atom. The van der Waals surface area contributed by atoms with Gasteiger partial charge in [-0.25, -0.2) is 0 Å². The monoisotopic (exact) mass is 427 g/mol. The Hall–Kier alpha value is -0.850. The van der Waals surface area contributed by atoms with Crippen LogP contribution in [0.2, 0.25) is 10.0 Å². The van der Waals surface area contributed by atoms with Crippen LogP contribution in [0.1, 0.15) is 33.6 Å². The molecule has 2 aliphatic heterocycles. The van der Waals surface area contributed by atoms with Gasteiger partial charge >= 0.3 is 0 Å². The van der Waals surface area contributed by atoms with Crippen molar-refractivity contribution in [3.8, 4) is 0 Å². The lowest BCUT2D eigenvalue weighted by Gasteiger charge is -2.40. The molecule has 1 amide bonds. The molecular weight excluding hydrogens is 397 g/mol. The van der Waals surface area contributed by atoms with Crippen LogP contribution in [0, 0.1) is 5.92 Å². The van der Waals surface area contributed by atoms with Crippen molar-refractivity contribution in [2.24, 2.45) is 5.92 Å². The third kappa shape index (κ3) is 5.83. The zero-order valence-electron chi connectivity index (χ0n) is 17.0. The van der Waals surface area contributed by atoms with Crippen LogP contribution in [0.15, 0.2) is 18.2 Å². The van der Waals surface area contributed by atoms with Crippen LogP contribution in [-0.4, -0.2) is 66.7 Å². The summed E-state index contributed by atoms with van der Waals surface area (Å²) in [4.78, 5) is 17.5. The quantitative estimate of drug-likeness (QED) is 0.766. The molecule has 0 bridgehead atoms. The van der Waals surface area contributed by atoms with Crippen LogP contribution in [0.4, 0.5) is 5.69 Å². The van der Waals surface area contributed by atoms with Gasteiger partial charge in [0, 0.05) is 24.7 Å². The van der Waals surface area contributed by atoms with E-state index in [0.717, 1.165) is 45.6 Å². The Morgan fingerprint density at radius 3 is 2.46 bits per heavy atom. The Labute approximate surface area is 178 Å². The molecule has 0 spiro atoms. The first-order valence-corrected chi connectivity index (χ1v) is 10.9. The Balaban J connectivity index is 1.46. The highest BCUT2D eigenvalue weighted by Gasteiger charge is 2.29. The fourth-order valence-corrected chi connectivity index (χ4v) is 4.77. The number of carbonyl (C=O) groups is 1.